The number of nitrogens with zero attached hydrogens (tertiary/aromatic N) is 1. The molecule has 34 heavy (non-hydrogen) atoms. The van der Waals surface area contributed by atoms with Crippen LogP contribution in [0, 0.1) is 11.3 Å². The van der Waals surface area contributed by atoms with E-state index >= 15 is 0 Å². The first-order valence-corrected chi connectivity index (χ1v) is 10.7. The number of allylic oxidation sites excluding steroid dienone is 1. The van der Waals surface area contributed by atoms with Crippen LogP contribution in [0.2, 0.25) is 10.0 Å². The number of rotatable bonds is 5. The molecule has 0 aliphatic carbocycles. The van der Waals surface area contributed by atoms with Gasteiger partial charge >= 0.3 is 5.97 Å². The number of ether oxygens (including phenoxy) is 4. The van der Waals surface area contributed by atoms with E-state index in [0.29, 0.717) is 27.8 Å². The van der Waals surface area contributed by atoms with Gasteiger partial charge in [0.25, 0.3) is 0 Å². The van der Waals surface area contributed by atoms with E-state index in [-0.39, 0.29) is 27.8 Å². The van der Waals surface area contributed by atoms with Crippen molar-refractivity contribution < 1.29 is 23.7 Å². The van der Waals surface area contributed by atoms with Crippen LogP contribution in [0.5, 0.6) is 23.0 Å². The van der Waals surface area contributed by atoms with Gasteiger partial charge in [0, 0.05) is 11.6 Å². The third kappa shape index (κ3) is 4.34. The van der Waals surface area contributed by atoms with Gasteiger partial charge in [-0.3, -0.25) is 0 Å². The Labute approximate surface area is 205 Å². The number of benzene rings is 3. The Balaban J connectivity index is 1.70. The monoisotopic (exact) mass is 496 g/mol. The average molecular weight is 497 g/mol. The Hall–Kier alpha value is -3.86. The third-order valence-electron chi connectivity index (χ3n) is 5.30. The van der Waals surface area contributed by atoms with Crippen molar-refractivity contribution in [1.29, 1.82) is 5.26 Å². The van der Waals surface area contributed by atoms with Crippen molar-refractivity contribution in [3.63, 3.8) is 0 Å². The Morgan fingerprint density at radius 2 is 1.76 bits per heavy atom. The van der Waals surface area contributed by atoms with Gasteiger partial charge in [0.1, 0.15) is 23.1 Å². The van der Waals surface area contributed by atoms with Crippen LogP contribution in [0.3, 0.4) is 0 Å². The zero-order chi connectivity index (χ0) is 24.4. The number of methoxy groups -OCH3 is 2. The first kappa shape index (κ1) is 23.3. The number of carbonyl (C=O) groups is 1. The van der Waals surface area contributed by atoms with Gasteiger partial charge in [0.15, 0.2) is 11.5 Å². The molecule has 7 nitrogen and oxygen atoms in total. The first-order chi connectivity index (χ1) is 16.4. The summed E-state index contributed by atoms with van der Waals surface area (Å²) < 4.78 is 21.9. The molecule has 1 atom stereocenters. The van der Waals surface area contributed by atoms with Crippen LogP contribution in [-0.4, -0.2) is 20.2 Å². The van der Waals surface area contributed by atoms with Crippen molar-refractivity contribution in [2.75, 3.05) is 14.2 Å². The third-order valence-corrected chi connectivity index (χ3v) is 6.04. The van der Waals surface area contributed by atoms with Crippen molar-refractivity contribution in [3.8, 4) is 29.1 Å². The van der Waals surface area contributed by atoms with Gasteiger partial charge < -0.3 is 24.7 Å². The highest BCUT2D eigenvalue weighted by atomic mass is 35.5. The van der Waals surface area contributed by atoms with E-state index in [0.717, 1.165) is 5.56 Å². The summed E-state index contributed by atoms with van der Waals surface area (Å²) in [6.45, 7) is 0. The molecule has 1 aliphatic heterocycles. The molecule has 0 bridgehead atoms. The lowest BCUT2D eigenvalue weighted by molar-refractivity contribution is 0.0734. The number of hydrogen-bond donors (Lipinski definition) is 1. The van der Waals surface area contributed by atoms with Gasteiger partial charge in [-0.2, -0.15) is 5.26 Å². The molecule has 0 amide bonds. The summed E-state index contributed by atoms with van der Waals surface area (Å²) in [7, 11) is 3.07. The van der Waals surface area contributed by atoms with Gasteiger partial charge in [0.05, 0.1) is 35.7 Å². The molecule has 9 heteroatoms. The second-order valence-corrected chi connectivity index (χ2v) is 8.07. The predicted octanol–water partition coefficient (Wildman–Crippen LogP) is 5.45. The molecule has 0 aromatic heterocycles. The fourth-order valence-electron chi connectivity index (χ4n) is 3.66. The van der Waals surface area contributed by atoms with Crippen LogP contribution >= 0.6 is 23.2 Å². The number of fused-ring (bicyclic) bond motifs is 1. The highest BCUT2D eigenvalue weighted by molar-refractivity contribution is 6.42. The number of nitrogens with two attached hydrogens (primary N) is 1. The second-order valence-electron chi connectivity index (χ2n) is 7.26. The Kier molecular flexibility index (Phi) is 6.55. The molecule has 1 unspecified atom stereocenters. The van der Waals surface area contributed by atoms with Crippen LogP contribution in [0.1, 0.15) is 27.4 Å². The molecule has 3 aromatic carbocycles. The molecule has 4 rings (SSSR count). The van der Waals surface area contributed by atoms with Gasteiger partial charge in [-0.25, -0.2) is 4.79 Å². The summed E-state index contributed by atoms with van der Waals surface area (Å²) in [5.41, 5.74) is 7.99. The van der Waals surface area contributed by atoms with Crippen molar-refractivity contribution in [2.45, 2.75) is 5.92 Å². The van der Waals surface area contributed by atoms with Crippen molar-refractivity contribution in [3.05, 3.63) is 92.8 Å². The summed E-state index contributed by atoms with van der Waals surface area (Å²) >= 11 is 11.9. The number of halogens is 2. The van der Waals surface area contributed by atoms with E-state index in [2.05, 4.69) is 6.07 Å². The second kappa shape index (κ2) is 9.56. The topological polar surface area (TPSA) is 104 Å². The minimum absolute atomic E-state index is 0.0391. The smallest absolute Gasteiger partial charge is 0.343 e. The SMILES string of the molecule is COc1ccc(C2C(C#N)=C(N)Oc3cc(OC(=O)c4ccc(Cl)c(Cl)c4)ccc32)cc1OC. The molecule has 0 radical (unpaired) electrons. The standard InChI is InChI=1S/C25H18Cl2N2O5/c1-31-20-8-4-13(10-22(20)32-2)23-16-6-5-15(11-21(16)34-24(29)17(23)12-28)33-25(30)14-3-7-18(26)19(27)9-14/h3-11,23H,29H2,1-2H3. The maximum atomic E-state index is 12.6. The molecule has 0 fully saturated rings. The van der Waals surface area contributed by atoms with Crippen LogP contribution in [0.4, 0.5) is 0 Å². The normalized spacial score (nSPS) is 14.5. The van der Waals surface area contributed by atoms with Crippen LogP contribution < -0.4 is 24.7 Å². The average Bonchev–Trinajstić information content (AvgIpc) is 2.84. The lowest BCUT2D eigenvalue weighted by Crippen LogP contribution is -2.21. The maximum absolute atomic E-state index is 12.6. The number of hydrogen-bond acceptors (Lipinski definition) is 7. The zero-order valence-electron chi connectivity index (χ0n) is 18.1. The molecule has 172 valence electrons. The number of nitriles is 1. The first-order valence-electron chi connectivity index (χ1n) is 9.97. The number of carbonyl (C=O) groups excluding carboxylic acids is 1. The van der Waals surface area contributed by atoms with Crippen LogP contribution in [-0.2, 0) is 0 Å². The Bertz CT molecular complexity index is 1360. The quantitative estimate of drug-likeness (QED) is 0.369. The summed E-state index contributed by atoms with van der Waals surface area (Å²) in [6.07, 6.45) is 0. The van der Waals surface area contributed by atoms with E-state index in [9.17, 15) is 10.1 Å². The van der Waals surface area contributed by atoms with E-state index in [1.807, 2.05) is 6.07 Å². The molecule has 1 aliphatic rings. The molecule has 0 spiro atoms. The van der Waals surface area contributed by atoms with Gasteiger partial charge in [-0.15, -0.1) is 0 Å². The van der Waals surface area contributed by atoms with Crippen molar-refractivity contribution in [2.24, 2.45) is 5.73 Å². The summed E-state index contributed by atoms with van der Waals surface area (Å²) in [6, 6.07) is 16.8. The molecule has 3 aromatic rings. The highest BCUT2D eigenvalue weighted by Gasteiger charge is 2.31. The lowest BCUT2D eigenvalue weighted by Gasteiger charge is -2.27. The van der Waals surface area contributed by atoms with Crippen molar-refractivity contribution in [1.82, 2.24) is 0 Å². The lowest BCUT2D eigenvalue weighted by atomic mass is 9.83. The molecule has 0 saturated carbocycles. The van der Waals surface area contributed by atoms with Gasteiger partial charge in [-0.05, 0) is 42.0 Å². The minimum atomic E-state index is -0.619. The van der Waals surface area contributed by atoms with Crippen LogP contribution in [0.25, 0.3) is 0 Å². The fourth-order valence-corrected chi connectivity index (χ4v) is 3.96. The van der Waals surface area contributed by atoms with Gasteiger partial charge in [-0.1, -0.05) is 35.3 Å². The maximum Gasteiger partial charge on any atom is 0.343 e. The number of esters is 1. The molecular weight excluding hydrogens is 479 g/mol. The van der Waals surface area contributed by atoms with E-state index < -0.39 is 11.9 Å². The Morgan fingerprint density at radius 3 is 2.44 bits per heavy atom. The summed E-state index contributed by atoms with van der Waals surface area (Å²) in [5.74, 6) is 0.475. The van der Waals surface area contributed by atoms with E-state index in [1.54, 1.807) is 37.4 Å². The minimum Gasteiger partial charge on any atom is -0.493 e. The van der Waals surface area contributed by atoms with Gasteiger partial charge in [0.2, 0.25) is 5.88 Å². The summed E-state index contributed by atoms with van der Waals surface area (Å²) in [5, 5.41) is 10.3. The van der Waals surface area contributed by atoms with Crippen molar-refractivity contribution >= 4 is 29.2 Å². The van der Waals surface area contributed by atoms with Crippen LogP contribution in [0.15, 0.2) is 66.1 Å². The summed E-state index contributed by atoms with van der Waals surface area (Å²) in [4.78, 5) is 12.6. The fraction of sp³-hybridized carbons (Fsp3) is 0.120. The molecular formula is C25H18Cl2N2O5. The highest BCUT2D eigenvalue weighted by Crippen LogP contribution is 2.45. The Morgan fingerprint density at radius 1 is 1.00 bits per heavy atom. The predicted molar refractivity (Wildman–Crippen MR) is 127 cm³/mol. The van der Waals surface area contributed by atoms with E-state index in [1.165, 1.54) is 25.3 Å². The van der Waals surface area contributed by atoms with E-state index in [4.69, 9.17) is 47.9 Å². The molecule has 0 saturated heterocycles. The zero-order valence-corrected chi connectivity index (χ0v) is 19.6. The largest absolute Gasteiger partial charge is 0.493 e. The molecule has 2 N–H and O–H groups in total. The molecule has 1 heterocycles.